The molecule has 3 nitrogen and oxygen atoms in total. The van der Waals surface area contributed by atoms with E-state index in [-0.39, 0.29) is 24.2 Å². The van der Waals surface area contributed by atoms with Crippen LogP contribution in [0.2, 0.25) is 0 Å². The van der Waals surface area contributed by atoms with Crippen molar-refractivity contribution >= 4 is 21.8 Å². The highest BCUT2D eigenvalue weighted by atomic mass is 79.9. The van der Waals surface area contributed by atoms with Gasteiger partial charge in [0.15, 0.2) is 0 Å². The van der Waals surface area contributed by atoms with Crippen LogP contribution in [0.4, 0.5) is 0 Å². The number of carbonyl (C=O) groups is 1. The van der Waals surface area contributed by atoms with E-state index in [9.17, 15) is 4.79 Å². The first kappa shape index (κ1) is 13.0. The Bertz CT molecular complexity index is 223. The number of alkyl halides is 1. The Hall–Kier alpha value is -0.0900. The second kappa shape index (κ2) is 5.85. The summed E-state index contributed by atoms with van der Waals surface area (Å²) < 4.78 is 5.51. The molecular formula is C11H20BrNO2. The van der Waals surface area contributed by atoms with Crippen LogP contribution in [0.1, 0.15) is 33.6 Å². The van der Waals surface area contributed by atoms with Crippen molar-refractivity contribution in [2.45, 2.75) is 51.9 Å². The summed E-state index contributed by atoms with van der Waals surface area (Å²) in [6.45, 7) is 6.15. The third-order valence-electron chi connectivity index (χ3n) is 2.99. The van der Waals surface area contributed by atoms with Crippen molar-refractivity contribution in [3.8, 4) is 0 Å². The van der Waals surface area contributed by atoms with E-state index in [0.717, 1.165) is 18.2 Å². The van der Waals surface area contributed by atoms with Crippen LogP contribution in [0.3, 0.4) is 0 Å². The summed E-state index contributed by atoms with van der Waals surface area (Å²) in [5.74, 6) is 0.479. The van der Waals surface area contributed by atoms with E-state index in [1.807, 2.05) is 13.8 Å². The highest BCUT2D eigenvalue weighted by Crippen LogP contribution is 2.19. The van der Waals surface area contributed by atoms with E-state index in [1.54, 1.807) is 0 Å². The predicted molar refractivity (Wildman–Crippen MR) is 64.1 cm³/mol. The van der Waals surface area contributed by atoms with Crippen LogP contribution in [-0.2, 0) is 9.53 Å². The zero-order valence-corrected chi connectivity index (χ0v) is 11.2. The summed E-state index contributed by atoms with van der Waals surface area (Å²) in [4.78, 5) is 11.8. The maximum atomic E-state index is 11.8. The fourth-order valence-electron chi connectivity index (χ4n) is 1.59. The van der Waals surface area contributed by atoms with Crippen molar-refractivity contribution in [1.29, 1.82) is 0 Å². The molecule has 1 aliphatic heterocycles. The minimum Gasteiger partial charge on any atom is -0.365 e. The predicted octanol–water partition coefficient (Wildman–Crippen LogP) is 2.09. The summed E-state index contributed by atoms with van der Waals surface area (Å²) in [5.41, 5.74) is 0. The number of halogens is 1. The molecule has 1 aliphatic rings. The summed E-state index contributed by atoms with van der Waals surface area (Å²) in [5, 5.41) is 3.90. The molecule has 0 aliphatic carbocycles. The molecule has 88 valence electrons. The fraction of sp³-hybridized carbons (Fsp3) is 0.909. The molecule has 0 bridgehead atoms. The monoisotopic (exact) mass is 277 g/mol. The first-order valence-corrected chi connectivity index (χ1v) is 6.68. The van der Waals surface area contributed by atoms with Gasteiger partial charge in [0.05, 0.1) is 6.10 Å². The SMILES string of the molecule is CC1CCC(C(=O)NC(C)C(C)CBr)O1. The van der Waals surface area contributed by atoms with Crippen molar-refractivity contribution in [3.05, 3.63) is 0 Å². The van der Waals surface area contributed by atoms with Gasteiger partial charge in [0.2, 0.25) is 5.91 Å². The number of rotatable bonds is 4. The molecule has 0 aromatic heterocycles. The first-order valence-electron chi connectivity index (χ1n) is 5.56. The Labute approximate surface area is 100 Å². The second-order valence-corrected chi connectivity index (χ2v) is 5.09. The lowest BCUT2D eigenvalue weighted by Crippen LogP contribution is -2.43. The number of carbonyl (C=O) groups excluding carboxylic acids is 1. The maximum Gasteiger partial charge on any atom is 0.249 e. The summed E-state index contributed by atoms with van der Waals surface area (Å²) in [6, 6.07) is 0.191. The molecule has 0 saturated carbocycles. The molecule has 4 unspecified atom stereocenters. The molecule has 0 spiro atoms. The molecule has 1 heterocycles. The molecule has 1 N–H and O–H groups in total. The van der Waals surface area contributed by atoms with Crippen molar-refractivity contribution in [1.82, 2.24) is 5.32 Å². The Morgan fingerprint density at radius 1 is 1.53 bits per heavy atom. The largest absolute Gasteiger partial charge is 0.365 e. The normalized spacial score (nSPS) is 29.9. The van der Waals surface area contributed by atoms with Crippen LogP contribution >= 0.6 is 15.9 Å². The van der Waals surface area contributed by atoms with Gasteiger partial charge < -0.3 is 10.1 Å². The van der Waals surface area contributed by atoms with E-state index < -0.39 is 0 Å². The smallest absolute Gasteiger partial charge is 0.249 e. The van der Waals surface area contributed by atoms with Gasteiger partial charge in [-0.05, 0) is 32.6 Å². The zero-order valence-electron chi connectivity index (χ0n) is 9.63. The Kier molecular flexibility index (Phi) is 5.06. The lowest BCUT2D eigenvalue weighted by molar-refractivity contribution is -0.132. The van der Waals surface area contributed by atoms with Gasteiger partial charge in [-0.25, -0.2) is 0 Å². The lowest BCUT2D eigenvalue weighted by Gasteiger charge is -2.21. The van der Waals surface area contributed by atoms with E-state index >= 15 is 0 Å². The molecule has 1 fully saturated rings. The van der Waals surface area contributed by atoms with Gasteiger partial charge in [-0.2, -0.15) is 0 Å². The van der Waals surface area contributed by atoms with E-state index in [1.165, 1.54) is 0 Å². The molecular weight excluding hydrogens is 258 g/mol. The summed E-state index contributed by atoms with van der Waals surface area (Å²) in [7, 11) is 0. The number of hydrogen-bond donors (Lipinski definition) is 1. The van der Waals surface area contributed by atoms with Crippen molar-refractivity contribution in [3.63, 3.8) is 0 Å². The van der Waals surface area contributed by atoms with Crippen LogP contribution < -0.4 is 5.32 Å². The molecule has 15 heavy (non-hydrogen) atoms. The van der Waals surface area contributed by atoms with Crippen LogP contribution in [0.15, 0.2) is 0 Å². The number of amides is 1. The van der Waals surface area contributed by atoms with Gasteiger partial charge in [0.1, 0.15) is 6.10 Å². The summed E-state index contributed by atoms with van der Waals surface area (Å²) >= 11 is 3.42. The maximum absolute atomic E-state index is 11.8. The average Bonchev–Trinajstić information content (AvgIpc) is 2.63. The molecule has 0 radical (unpaired) electrons. The minimum absolute atomic E-state index is 0.0413. The van der Waals surface area contributed by atoms with Crippen molar-refractivity contribution in [2.24, 2.45) is 5.92 Å². The highest BCUT2D eigenvalue weighted by Gasteiger charge is 2.29. The van der Waals surface area contributed by atoms with E-state index in [4.69, 9.17) is 4.74 Å². The van der Waals surface area contributed by atoms with Crippen molar-refractivity contribution in [2.75, 3.05) is 5.33 Å². The van der Waals surface area contributed by atoms with Crippen LogP contribution in [-0.4, -0.2) is 29.5 Å². The van der Waals surface area contributed by atoms with Crippen LogP contribution in [0.25, 0.3) is 0 Å². The van der Waals surface area contributed by atoms with Crippen LogP contribution in [0, 0.1) is 5.92 Å². The highest BCUT2D eigenvalue weighted by molar-refractivity contribution is 9.09. The molecule has 1 rings (SSSR count). The van der Waals surface area contributed by atoms with Gasteiger partial charge in [-0.3, -0.25) is 4.79 Å². The zero-order chi connectivity index (χ0) is 11.4. The standard InChI is InChI=1S/C11H20BrNO2/c1-7(6-12)9(3)13-11(14)10-5-4-8(2)15-10/h7-10H,4-6H2,1-3H3,(H,13,14). The Balaban J connectivity index is 2.35. The van der Waals surface area contributed by atoms with Crippen molar-refractivity contribution < 1.29 is 9.53 Å². The molecule has 4 atom stereocenters. The fourth-order valence-corrected chi connectivity index (χ4v) is 2.15. The molecule has 0 aromatic carbocycles. The Morgan fingerprint density at radius 2 is 2.20 bits per heavy atom. The lowest BCUT2D eigenvalue weighted by atomic mass is 10.1. The minimum atomic E-state index is -0.232. The van der Waals surface area contributed by atoms with Gasteiger partial charge in [0.25, 0.3) is 0 Å². The molecule has 4 heteroatoms. The topological polar surface area (TPSA) is 38.3 Å². The van der Waals surface area contributed by atoms with Gasteiger partial charge in [-0.1, -0.05) is 22.9 Å². The quantitative estimate of drug-likeness (QED) is 0.800. The number of ether oxygens (including phenoxy) is 1. The van der Waals surface area contributed by atoms with Gasteiger partial charge in [-0.15, -0.1) is 0 Å². The van der Waals surface area contributed by atoms with Crippen LogP contribution in [0.5, 0.6) is 0 Å². The van der Waals surface area contributed by atoms with E-state index in [0.29, 0.717) is 5.92 Å². The Morgan fingerprint density at radius 3 is 2.67 bits per heavy atom. The third-order valence-corrected chi connectivity index (χ3v) is 4.01. The van der Waals surface area contributed by atoms with Gasteiger partial charge >= 0.3 is 0 Å². The molecule has 1 amide bonds. The average molecular weight is 278 g/mol. The van der Waals surface area contributed by atoms with Gasteiger partial charge in [0, 0.05) is 11.4 Å². The third kappa shape index (κ3) is 3.76. The molecule has 0 aromatic rings. The summed E-state index contributed by atoms with van der Waals surface area (Å²) in [6.07, 6.45) is 1.83. The van der Waals surface area contributed by atoms with E-state index in [2.05, 4.69) is 28.2 Å². The number of nitrogens with one attached hydrogen (secondary N) is 1. The molecule has 1 saturated heterocycles. The second-order valence-electron chi connectivity index (χ2n) is 4.44. The number of hydrogen-bond acceptors (Lipinski definition) is 2. The first-order chi connectivity index (χ1) is 7.04.